The quantitative estimate of drug-likeness (QED) is 0.207. The number of anilines is 1. The third kappa shape index (κ3) is 7.48. The zero-order valence-electron chi connectivity index (χ0n) is 19.4. The minimum atomic E-state index is -0.617. The van der Waals surface area contributed by atoms with Crippen LogP contribution in [0.15, 0.2) is 58.9 Å². The molecule has 1 aromatic carbocycles. The molecule has 1 aliphatic rings. The molecule has 0 radical (unpaired) electrons. The number of hydrogen-bond donors (Lipinski definition) is 3. The molecule has 1 amide bonds. The molecule has 0 saturated carbocycles. The topological polar surface area (TPSA) is 136 Å². The number of nitrogens with one attached hydrogen (secondary N) is 2. The molecule has 0 spiro atoms. The van der Waals surface area contributed by atoms with Gasteiger partial charge in [0, 0.05) is 48.7 Å². The zero-order chi connectivity index (χ0) is 25.2. The van der Waals surface area contributed by atoms with E-state index in [0.717, 1.165) is 10.0 Å². The van der Waals surface area contributed by atoms with Gasteiger partial charge in [-0.2, -0.15) is 0 Å². The van der Waals surface area contributed by atoms with Gasteiger partial charge in [-0.05, 0) is 49.6 Å². The van der Waals surface area contributed by atoms with Crippen LogP contribution in [0.25, 0.3) is 0 Å². The first kappa shape index (κ1) is 26.6. The van der Waals surface area contributed by atoms with Crippen molar-refractivity contribution >= 4 is 33.3 Å². The Bertz CT molecular complexity index is 1020. The highest BCUT2D eigenvalue weighted by molar-refractivity contribution is 9.10. The summed E-state index contributed by atoms with van der Waals surface area (Å²) >= 11 is 3.46. The van der Waals surface area contributed by atoms with Crippen LogP contribution in [0, 0.1) is 16.0 Å². The van der Waals surface area contributed by atoms with E-state index in [1.807, 2.05) is 37.3 Å². The molecule has 188 valence electrons. The number of rotatable bonds is 12. The smallest absolute Gasteiger partial charge is 0.287 e. The van der Waals surface area contributed by atoms with Crippen molar-refractivity contribution in [2.24, 2.45) is 5.92 Å². The molecule has 0 saturated heterocycles. The fourth-order valence-corrected chi connectivity index (χ4v) is 4.15. The molecule has 3 rings (SSSR count). The molecule has 10 nitrogen and oxygen atoms in total. The molecule has 3 N–H and O–H groups in total. The van der Waals surface area contributed by atoms with Crippen LogP contribution in [0.3, 0.4) is 0 Å². The highest BCUT2D eigenvalue weighted by Crippen LogP contribution is 2.39. The molecule has 11 heteroatoms. The van der Waals surface area contributed by atoms with Gasteiger partial charge in [0.15, 0.2) is 5.76 Å². The summed E-state index contributed by atoms with van der Waals surface area (Å²) in [5.74, 6) is 0.107. The van der Waals surface area contributed by atoms with E-state index in [0.29, 0.717) is 31.8 Å². The fraction of sp³-hybridized carbons (Fsp3) is 0.417. The number of amides is 1. The van der Waals surface area contributed by atoms with E-state index in [-0.39, 0.29) is 42.3 Å². The van der Waals surface area contributed by atoms with Crippen molar-refractivity contribution in [3.63, 3.8) is 0 Å². The lowest BCUT2D eigenvalue weighted by molar-refractivity contribution is -0.385. The average molecular weight is 549 g/mol. The number of aromatic nitrogens is 1. The third-order valence-corrected chi connectivity index (χ3v) is 6.09. The first-order valence-corrected chi connectivity index (χ1v) is 12.2. The number of nitro groups is 1. The van der Waals surface area contributed by atoms with Gasteiger partial charge in [-0.1, -0.05) is 28.1 Å². The zero-order valence-corrected chi connectivity index (χ0v) is 20.9. The predicted molar refractivity (Wildman–Crippen MR) is 134 cm³/mol. The average Bonchev–Trinajstić information content (AvgIpc) is 2.86. The van der Waals surface area contributed by atoms with Crippen molar-refractivity contribution in [3.8, 4) is 0 Å². The van der Waals surface area contributed by atoms with Gasteiger partial charge in [0.25, 0.3) is 11.6 Å². The van der Waals surface area contributed by atoms with Crippen LogP contribution in [-0.4, -0.2) is 53.5 Å². The van der Waals surface area contributed by atoms with E-state index >= 15 is 0 Å². The summed E-state index contributed by atoms with van der Waals surface area (Å²) in [7, 11) is 0. The number of pyridine rings is 1. The number of benzene rings is 1. The summed E-state index contributed by atoms with van der Waals surface area (Å²) in [6, 6.07) is 10.8. The molecule has 2 heterocycles. The Morgan fingerprint density at radius 2 is 2.03 bits per heavy atom. The van der Waals surface area contributed by atoms with Gasteiger partial charge in [-0.15, -0.1) is 0 Å². The number of carbonyl (C=O) groups excluding carboxylic acids is 1. The van der Waals surface area contributed by atoms with E-state index in [4.69, 9.17) is 9.47 Å². The maximum absolute atomic E-state index is 12.9. The Hall–Kier alpha value is -3.02. The monoisotopic (exact) mass is 548 g/mol. The second-order valence-electron chi connectivity index (χ2n) is 7.92. The van der Waals surface area contributed by atoms with E-state index in [9.17, 15) is 20.0 Å². The molecule has 3 atom stereocenters. The molecule has 35 heavy (non-hydrogen) atoms. The highest BCUT2D eigenvalue weighted by atomic mass is 79.9. The van der Waals surface area contributed by atoms with Crippen molar-refractivity contribution in [2.45, 2.75) is 32.0 Å². The Morgan fingerprint density at radius 3 is 2.66 bits per heavy atom. The van der Waals surface area contributed by atoms with Crippen LogP contribution >= 0.6 is 15.9 Å². The summed E-state index contributed by atoms with van der Waals surface area (Å²) in [5, 5.41) is 25.9. The van der Waals surface area contributed by atoms with E-state index in [2.05, 4.69) is 31.5 Å². The first-order valence-electron chi connectivity index (χ1n) is 11.4. The Kier molecular flexibility index (Phi) is 10.0. The number of halogens is 1. The summed E-state index contributed by atoms with van der Waals surface area (Å²) in [4.78, 5) is 27.1. The number of aliphatic hydroxyl groups is 1. The number of nitrogens with zero attached hydrogens (tertiary/aromatic N) is 2. The second-order valence-corrected chi connectivity index (χ2v) is 8.84. The minimum absolute atomic E-state index is 0.0605. The van der Waals surface area contributed by atoms with Crippen LogP contribution in [-0.2, 0) is 14.3 Å². The standard InChI is InChI=1S/C24H29BrN4O6/c1-2-34-24-19(4-3-13-30)20(16-5-7-17(25)8-6-16)14-21(35-24)23(31)27-12-11-26-22-10-9-18(15-28-22)29(32)33/h5-10,14-15,19-20,24,30H,2-4,11-13H2,1H3,(H,26,28)(H,27,31)/t19-,20-,24-/m1/s1. The molecular weight excluding hydrogens is 520 g/mol. The van der Waals surface area contributed by atoms with Gasteiger partial charge in [0.1, 0.15) is 12.0 Å². The fourth-order valence-electron chi connectivity index (χ4n) is 3.88. The number of ether oxygens (including phenoxy) is 2. The molecule has 0 bridgehead atoms. The van der Waals surface area contributed by atoms with Gasteiger partial charge in [0.05, 0.1) is 4.92 Å². The lowest BCUT2D eigenvalue weighted by Crippen LogP contribution is -2.39. The molecule has 1 aliphatic heterocycles. The summed E-state index contributed by atoms with van der Waals surface area (Å²) in [5.41, 5.74) is 0.937. The van der Waals surface area contributed by atoms with Crippen molar-refractivity contribution in [1.82, 2.24) is 10.3 Å². The van der Waals surface area contributed by atoms with Crippen LogP contribution in [0.2, 0.25) is 0 Å². The van der Waals surface area contributed by atoms with Crippen LogP contribution in [0.1, 0.15) is 31.2 Å². The van der Waals surface area contributed by atoms with Crippen LogP contribution in [0.5, 0.6) is 0 Å². The number of carbonyl (C=O) groups is 1. The molecule has 0 fully saturated rings. The lowest BCUT2D eigenvalue weighted by atomic mass is 9.80. The van der Waals surface area contributed by atoms with Gasteiger partial charge >= 0.3 is 0 Å². The first-order chi connectivity index (χ1) is 16.9. The highest BCUT2D eigenvalue weighted by Gasteiger charge is 2.37. The van der Waals surface area contributed by atoms with Crippen LogP contribution < -0.4 is 10.6 Å². The van der Waals surface area contributed by atoms with E-state index in [1.54, 1.807) is 0 Å². The summed E-state index contributed by atoms with van der Waals surface area (Å²) in [6.07, 6.45) is 3.65. The van der Waals surface area contributed by atoms with Gasteiger partial charge in [0.2, 0.25) is 6.29 Å². The molecule has 0 aliphatic carbocycles. The number of aliphatic hydroxyl groups excluding tert-OH is 1. The number of hydrogen-bond acceptors (Lipinski definition) is 8. The SMILES string of the molecule is CCO[C@@H]1OC(C(=O)NCCNc2ccc([N+](=O)[O-])cn2)=C[C@H](c2ccc(Br)cc2)[C@H]1CCCO. The van der Waals surface area contributed by atoms with Gasteiger partial charge in [-0.3, -0.25) is 14.9 Å². The van der Waals surface area contributed by atoms with Crippen molar-refractivity contribution in [2.75, 3.05) is 31.6 Å². The van der Waals surface area contributed by atoms with Crippen molar-refractivity contribution in [1.29, 1.82) is 0 Å². The largest absolute Gasteiger partial charge is 0.459 e. The maximum Gasteiger partial charge on any atom is 0.287 e. The molecule has 2 aromatic rings. The molecular formula is C24H29BrN4O6. The van der Waals surface area contributed by atoms with E-state index < -0.39 is 11.2 Å². The summed E-state index contributed by atoms with van der Waals surface area (Å²) < 4.78 is 12.8. The second kappa shape index (κ2) is 13.2. The maximum atomic E-state index is 12.9. The molecule has 1 aromatic heterocycles. The minimum Gasteiger partial charge on any atom is -0.459 e. The predicted octanol–water partition coefficient (Wildman–Crippen LogP) is 3.73. The third-order valence-electron chi connectivity index (χ3n) is 5.57. The Balaban J connectivity index is 1.67. The van der Waals surface area contributed by atoms with Crippen molar-refractivity contribution < 1.29 is 24.3 Å². The van der Waals surface area contributed by atoms with E-state index in [1.165, 1.54) is 18.3 Å². The molecule has 0 unspecified atom stereocenters. The van der Waals surface area contributed by atoms with Crippen LogP contribution in [0.4, 0.5) is 11.5 Å². The Labute approximate surface area is 212 Å². The normalized spacial score (nSPS) is 19.4. The summed E-state index contributed by atoms with van der Waals surface area (Å²) in [6.45, 7) is 3.02. The number of allylic oxidation sites excluding steroid dienone is 1. The van der Waals surface area contributed by atoms with Gasteiger partial charge < -0.3 is 25.2 Å². The lowest BCUT2D eigenvalue weighted by Gasteiger charge is -2.37. The van der Waals surface area contributed by atoms with Gasteiger partial charge in [-0.25, -0.2) is 4.98 Å². The van der Waals surface area contributed by atoms with Crippen molar-refractivity contribution in [3.05, 3.63) is 74.6 Å². The Morgan fingerprint density at radius 1 is 1.26 bits per heavy atom.